The minimum atomic E-state index is -0.444. The summed E-state index contributed by atoms with van der Waals surface area (Å²) >= 11 is 0. The number of aryl methyl sites for hydroxylation is 1. The summed E-state index contributed by atoms with van der Waals surface area (Å²) in [5.41, 5.74) is 0.836. The molecule has 0 amide bonds. The maximum absolute atomic E-state index is 13.4. The maximum atomic E-state index is 13.4. The highest BCUT2D eigenvalue weighted by molar-refractivity contribution is 5.82. The zero-order valence-corrected chi connectivity index (χ0v) is 19.3. The molecule has 4 aliphatic rings. The highest BCUT2D eigenvalue weighted by Gasteiger charge is 2.60. The lowest BCUT2D eigenvalue weighted by Gasteiger charge is -2.57. The van der Waals surface area contributed by atoms with Gasteiger partial charge >= 0.3 is 0 Å². The number of rotatable bonds is 3. The SMILES string of the molecule is Cc1cnn(CC(=O)[C@H]2CC(C)[C@H]3[C@@H]4CC[C@@H]5C[C@](C)(O)CC[C@@H]5[C@H]4CC[C@]23C)c1. The van der Waals surface area contributed by atoms with Crippen molar-refractivity contribution in [1.29, 1.82) is 0 Å². The zero-order chi connectivity index (χ0) is 21.3. The van der Waals surface area contributed by atoms with Gasteiger partial charge in [-0.2, -0.15) is 5.10 Å². The smallest absolute Gasteiger partial charge is 0.157 e. The molecule has 1 aromatic heterocycles. The van der Waals surface area contributed by atoms with E-state index >= 15 is 0 Å². The summed E-state index contributed by atoms with van der Waals surface area (Å²) in [6, 6.07) is 0. The van der Waals surface area contributed by atoms with E-state index in [0.717, 1.165) is 48.5 Å². The zero-order valence-electron chi connectivity index (χ0n) is 19.3. The molecule has 1 unspecified atom stereocenters. The molecular weight excluding hydrogens is 372 g/mol. The van der Waals surface area contributed by atoms with Crippen LogP contribution in [0.2, 0.25) is 0 Å². The minimum absolute atomic E-state index is 0.160. The number of ketones is 1. The van der Waals surface area contributed by atoms with Gasteiger partial charge in [0.1, 0.15) is 0 Å². The van der Waals surface area contributed by atoms with Crippen LogP contribution in [-0.2, 0) is 11.3 Å². The molecule has 0 radical (unpaired) electrons. The Hall–Kier alpha value is -1.16. The second-order valence-corrected chi connectivity index (χ2v) is 12.1. The molecule has 0 saturated heterocycles. The third kappa shape index (κ3) is 3.29. The van der Waals surface area contributed by atoms with Gasteiger partial charge in [0.25, 0.3) is 0 Å². The average Bonchev–Trinajstić information content (AvgIpc) is 3.20. The van der Waals surface area contributed by atoms with E-state index in [1.165, 1.54) is 32.1 Å². The van der Waals surface area contributed by atoms with Gasteiger partial charge in [0.05, 0.1) is 18.3 Å². The molecule has 0 bridgehead atoms. The summed E-state index contributed by atoms with van der Waals surface area (Å²) in [5, 5.41) is 15.0. The summed E-state index contributed by atoms with van der Waals surface area (Å²) in [4.78, 5) is 13.4. The third-order valence-corrected chi connectivity index (χ3v) is 10.0. The van der Waals surface area contributed by atoms with E-state index in [0.29, 0.717) is 24.2 Å². The van der Waals surface area contributed by atoms with Crippen LogP contribution in [-0.4, -0.2) is 26.3 Å². The van der Waals surface area contributed by atoms with E-state index in [-0.39, 0.29) is 11.3 Å². The van der Waals surface area contributed by atoms with E-state index in [4.69, 9.17) is 0 Å². The Labute approximate surface area is 181 Å². The number of fused-ring (bicyclic) bond motifs is 5. The molecule has 4 heteroatoms. The number of hydrogen-bond acceptors (Lipinski definition) is 3. The number of Topliss-reactive ketones (excluding diaryl/α,β-unsaturated/α-hetero) is 1. The Morgan fingerprint density at radius 2 is 1.93 bits per heavy atom. The normalized spacial score (nSPS) is 48.0. The first-order valence-electron chi connectivity index (χ1n) is 12.4. The summed E-state index contributed by atoms with van der Waals surface area (Å²) < 4.78 is 1.84. The van der Waals surface area contributed by atoms with Crippen LogP contribution in [0, 0.1) is 53.8 Å². The number of aliphatic hydroxyl groups is 1. The molecule has 30 heavy (non-hydrogen) atoms. The fraction of sp³-hybridized carbons (Fsp3) is 0.846. The molecule has 4 nitrogen and oxygen atoms in total. The van der Waals surface area contributed by atoms with E-state index in [1.807, 2.05) is 30.9 Å². The van der Waals surface area contributed by atoms with Crippen LogP contribution in [0.25, 0.3) is 0 Å². The van der Waals surface area contributed by atoms with Crippen molar-refractivity contribution in [3.8, 4) is 0 Å². The first-order chi connectivity index (χ1) is 14.2. The van der Waals surface area contributed by atoms with E-state index in [9.17, 15) is 9.90 Å². The van der Waals surface area contributed by atoms with Crippen molar-refractivity contribution in [2.24, 2.45) is 46.8 Å². The van der Waals surface area contributed by atoms with E-state index in [1.54, 1.807) is 0 Å². The second-order valence-electron chi connectivity index (χ2n) is 12.1. The lowest BCUT2D eigenvalue weighted by Crippen LogP contribution is -2.51. The van der Waals surface area contributed by atoms with Gasteiger partial charge < -0.3 is 5.11 Å². The predicted molar refractivity (Wildman–Crippen MR) is 118 cm³/mol. The largest absolute Gasteiger partial charge is 0.390 e. The van der Waals surface area contributed by atoms with Crippen LogP contribution in [0.3, 0.4) is 0 Å². The minimum Gasteiger partial charge on any atom is -0.390 e. The molecule has 0 aromatic carbocycles. The van der Waals surface area contributed by atoms with Gasteiger partial charge in [-0.15, -0.1) is 0 Å². The Morgan fingerprint density at radius 3 is 2.67 bits per heavy atom. The molecule has 0 spiro atoms. The molecule has 0 aliphatic heterocycles. The van der Waals surface area contributed by atoms with Crippen molar-refractivity contribution in [2.75, 3.05) is 0 Å². The van der Waals surface area contributed by atoms with Gasteiger partial charge in [-0.25, -0.2) is 0 Å². The van der Waals surface area contributed by atoms with Gasteiger partial charge in [0.2, 0.25) is 0 Å². The Bertz CT molecular complexity index is 814. The van der Waals surface area contributed by atoms with Crippen LogP contribution in [0.1, 0.15) is 77.7 Å². The topological polar surface area (TPSA) is 55.1 Å². The van der Waals surface area contributed by atoms with Crippen molar-refractivity contribution in [2.45, 2.75) is 91.2 Å². The molecule has 1 aromatic rings. The lowest BCUT2D eigenvalue weighted by molar-refractivity contribution is -0.133. The van der Waals surface area contributed by atoms with Crippen molar-refractivity contribution in [1.82, 2.24) is 9.78 Å². The summed E-state index contributed by atoms with van der Waals surface area (Å²) in [7, 11) is 0. The van der Waals surface area contributed by atoms with Gasteiger partial charge in [0, 0.05) is 12.1 Å². The highest BCUT2D eigenvalue weighted by Crippen LogP contribution is 2.66. The van der Waals surface area contributed by atoms with E-state index < -0.39 is 5.60 Å². The summed E-state index contributed by atoms with van der Waals surface area (Å²) in [6.45, 7) is 9.39. The number of carbonyl (C=O) groups excluding carboxylic acids is 1. The van der Waals surface area contributed by atoms with Crippen molar-refractivity contribution < 1.29 is 9.90 Å². The van der Waals surface area contributed by atoms with Crippen molar-refractivity contribution in [3.63, 3.8) is 0 Å². The van der Waals surface area contributed by atoms with Crippen LogP contribution in [0.5, 0.6) is 0 Å². The predicted octanol–water partition coefficient (Wildman–Crippen LogP) is 5.03. The molecule has 4 aliphatic carbocycles. The Kier molecular flexibility index (Phi) is 4.96. The van der Waals surface area contributed by atoms with Gasteiger partial charge in [-0.1, -0.05) is 13.8 Å². The molecule has 4 fully saturated rings. The first kappa shape index (κ1) is 20.7. The maximum Gasteiger partial charge on any atom is 0.157 e. The Morgan fingerprint density at radius 1 is 1.17 bits per heavy atom. The molecule has 1 N–H and O–H groups in total. The molecule has 5 rings (SSSR count). The fourth-order valence-corrected chi connectivity index (χ4v) is 8.95. The summed E-state index contributed by atoms with van der Waals surface area (Å²) in [5.74, 6) is 5.05. The number of carbonyl (C=O) groups is 1. The second kappa shape index (κ2) is 7.18. The number of hydrogen-bond donors (Lipinski definition) is 1. The molecule has 1 heterocycles. The lowest BCUT2D eigenvalue weighted by atomic mass is 9.48. The van der Waals surface area contributed by atoms with E-state index in [2.05, 4.69) is 18.9 Å². The monoisotopic (exact) mass is 412 g/mol. The van der Waals surface area contributed by atoms with Crippen LogP contribution in [0.15, 0.2) is 12.4 Å². The first-order valence-corrected chi connectivity index (χ1v) is 12.4. The highest BCUT2D eigenvalue weighted by atomic mass is 16.3. The molecular formula is C26H40N2O2. The number of nitrogens with zero attached hydrogens (tertiary/aromatic N) is 2. The fourth-order valence-electron chi connectivity index (χ4n) is 8.95. The molecule has 4 saturated carbocycles. The quantitative estimate of drug-likeness (QED) is 0.758. The van der Waals surface area contributed by atoms with Crippen LogP contribution < -0.4 is 0 Å². The van der Waals surface area contributed by atoms with Gasteiger partial charge in [-0.05, 0) is 112 Å². The number of aromatic nitrogens is 2. The average molecular weight is 413 g/mol. The van der Waals surface area contributed by atoms with Crippen LogP contribution in [0.4, 0.5) is 0 Å². The van der Waals surface area contributed by atoms with Gasteiger partial charge in [-0.3, -0.25) is 9.48 Å². The van der Waals surface area contributed by atoms with Gasteiger partial charge in [0.15, 0.2) is 5.78 Å². The molecule has 166 valence electrons. The third-order valence-electron chi connectivity index (χ3n) is 10.0. The summed E-state index contributed by atoms with van der Waals surface area (Å²) in [6.07, 6.45) is 13.2. The molecule has 9 atom stereocenters. The van der Waals surface area contributed by atoms with Crippen LogP contribution >= 0.6 is 0 Å². The van der Waals surface area contributed by atoms with Crippen molar-refractivity contribution >= 4 is 5.78 Å². The Balaban J connectivity index is 1.35. The standard InChI is InChI=1S/C26H40N2O2/c1-16-13-27-28(14-16)15-23(29)22-11-17(2)24-21-6-5-18-12-25(3,30)9-7-19(18)20(21)8-10-26(22,24)4/h13-14,17-22,24,30H,5-12,15H2,1-4H3/t17?,18-,19+,20-,21-,22-,24+,25-,26-/m1/s1. The van der Waals surface area contributed by atoms with Crippen molar-refractivity contribution in [3.05, 3.63) is 18.0 Å².